The Bertz CT molecular complexity index is 1170. The number of anilines is 1. The highest BCUT2D eigenvalue weighted by molar-refractivity contribution is 7.16. The van der Waals surface area contributed by atoms with Crippen LogP contribution in [0, 0.1) is 11.3 Å². The maximum Gasteiger partial charge on any atom is 0.259 e. The largest absolute Gasteiger partial charge is 0.497 e. The zero-order chi connectivity index (χ0) is 24.3. The molecule has 0 radical (unpaired) electrons. The maximum absolute atomic E-state index is 13.5. The Hall–Kier alpha value is -3.12. The molecule has 1 heterocycles. The monoisotopic (exact) mass is 476 g/mol. The number of thiophene rings is 1. The van der Waals surface area contributed by atoms with Crippen LogP contribution in [0.15, 0.2) is 53.5 Å². The molecule has 0 aliphatic heterocycles. The van der Waals surface area contributed by atoms with Gasteiger partial charge in [0.25, 0.3) is 5.91 Å². The van der Waals surface area contributed by atoms with E-state index >= 15 is 0 Å². The number of nitrogens with one attached hydrogen (secondary N) is 1. The molecule has 0 spiro atoms. The van der Waals surface area contributed by atoms with Gasteiger partial charge in [-0.05, 0) is 90.3 Å². The molecule has 1 aliphatic rings. The van der Waals surface area contributed by atoms with Gasteiger partial charge < -0.3 is 14.8 Å². The Morgan fingerprint density at radius 2 is 1.65 bits per heavy atom. The predicted octanol–water partition coefficient (Wildman–Crippen LogP) is 6.92. The number of aliphatic imine (C=N–C) groups is 1. The predicted molar refractivity (Wildman–Crippen MR) is 140 cm³/mol. The first-order chi connectivity index (χ1) is 16.3. The lowest BCUT2D eigenvalue weighted by Gasteiger charge is -2.33. The molecule has 34 heavy (non-hydrogen) atoms. The van der Waals surface area contributed by atoms with E-state index in [9.17, 15) is 4.79 Å². The van der Waals surface area contributed by atoms with Crippen molar-refractivity contribution in [2.24, 2.45) is 16.3 Å². The lowest BCUT2D eigenvalue weighted by Crippen LogP contribution is -2.27. The Morgan fingerprint density at radius 3 is 2.24 bits per heavy atom. The van der Waals surface area contributed by atoms with Crippen LogP contribution in [0.1, 0.15) is 53.6 Å². The number of hydrogen-bond acceptors (Lipinski definition) is 5. The zero-order valence-corrected chi connectivity index (χ0v) is 21.3. The minimum atomic E-state index is -0.112. The van der Waals surface area contributed by atoms with E-state index in [1.54, 1.807) is 25.6 Å². The second kappa shape index (κ2) is 10.0. The van der Waals surface area contributed by atoms with Gasteiger partial charge >= 0.3 is 0 Å². The summed E-state index contributed by atoms with van der Waals surface area (Å²) in [6, 6.07) is 15.1. The van der Waals surface area contributed by atoms with Crippen LogP contribution in [-0.4, -0.2) is 26.3 Å². The number of methoxy groups -OCH3 is 2. The number of benzene rings is 2. The molecule has 0 saturated carbocycles. The first-order valence-electron chi connectivity index (χ1n) is 11.6. The van der Waals surface area contributed by atoms with Crippen molar-refractivity contribution in [3.05, 3.63) is 70.1 Å². The zero-order valence-electron chi connectivity index (χ0n) is 20.5. The molecule has 1 amide bonds. The number of amides is 1. The highest BCUT2D eigenvalue weighted by Crippen LogP contribution is 2.45. The van der Waals surface area contributed by atoms with Gasteiger partial charge in [-0.2, -0.15) is 0 Å². The normalized spacial score (nSPS) is 15.7. The van der Waals surface area contributed by atoms with E-state index < -0.39 is 0 Å². The van der Waals surface area contributed by atoms with Crippen LogP contribution in [0.4, 0.5) is 10.7 Å². The number of ether oxygens (including phenoxy) is 2. The summed E-state index contributed by atoms with van der Waals surface area (Å²) >= 11 is 1.65. The molecule has 4 rings (SSSR count). The average molecular weight is 477 g/mol. The number of carbonyl (C=O) groups excluding carboxylic acids is 1. The molecule has 1 aliphatic carbocycles. The van der Waals surface area contributed by atoms with E-state index in [0.717, 1.165) is 52.6 Å². The van der Waals surface area contributed by atoms with Gasteiger partial charge in [-0.1, -0.05) is 20.8 Å². The minimum absolute atomic E-state index is 0.112. The summed E-state index contributed by atoms with van der Waals surface area (Å²) in [6.45, 7) is 6.91. The minimum Gasteiger partial charge on any atom is -0.497 e. The van der Waals surface area contributed by atoms with Crippen LogP contribution in [0.25, 0.3) is 0 Å². The maximum atomic E-state index is 13.5. The van der Waals surface area contributed by atoms with Crippen molar-refractivity contribution in [1.29, 1.82) is 0 Å². The van der Waals surface area contributed by atoms with Crippen molar-refractivity contribution in [2.75, 3.05) is 19.5 Å². The van der Waals surface area contributed by atoms with Gasteiger partial charge in [-0.25, -0.2) is 4.99 Å². The lowest BCUT2D eigenvalue weighted by molar-refractivity contribution is 0.102. The van der Waals surface area contributed by atoms with Crippen LogP contribution >= 0.6 is 11.3 Å². The fraction of sp³-hybridized carbons (Fsp3) is 0.357. The Labute approximate surface area is 205 Å². The average Bonchev–Trinajstić information content (AvgIpc) is 3.21. The molecule has 0 saturated heterocycles. The molecule has 178 valence electrons. The van der Waals surface area contributed by atoms with E-state index in [-0.39, 0.29) is 11.3 Å². The molecule has 5 nitrogen and oxygen atoms in total. The van der Waals surface area contributed by atoms with Crippen molar-refractivity contribution in [1.82, 2.24) is 0 Å². The molecule has 0 bridgehead atoms. The molecular formula is C28H32N2O3S. The van der Waals surface area contributed by atoms with E-state index in [1.807, 2.05) is 54.7 Å². The Morgan fingerprint density at radius 1 is 1.03 bits per heavy atom. The van der Waals surface area contributed by atoms with Crippen molar-refractivity contribution >= 4 is 34.1 Å². The Kier molecular flexibility index (Phi) is 7.08. The molecule has 1 unspecified atom stereocenters. The van der Waals surface area contributed by atoms with E-state index in [0.29, 0.717) is 11.5 Å². The summed E-state index contributed by atoms with van der Waals surface area (Å²) in [7, 11) is 3.28. The molecule has 2 aromatic carbocycles. The summed E-state index contributed by atoms with van der Waals surface area (Å²) in [5, 5.41) is 3.83. The second-order valence-corrected chi connectivity index (χ2v) is 10.8. The van der Waals surface area contributed by atoms with Gasteiger partial charge in [-0.15, -0.1) is 11.3 Å². The number of carbonyl (C=O) groups is 1. The van der Waals surface area contributed by atoms with Gasteiger partial charge in [0, 0.05) is 16.8 Å². The smallest absolute Gasteiger partial charge is 0.259 e. The summed E-state index contributed by atoms with van der Waals surface area (Å²) in [5.41, 5.74) is 3.78. The topological polar surface area (TPSA) is 59.9 Å². The number of nitrogens with zero attached hydrogens (tertiary/aromatic N) is 1. The molecular weight excluding hydrogens is 444 g/mol. The fourth-order valence-corrected chi connectivity index (χ4v) is 5.60. The standard InChI is InChI=1S/C28H32N2O3S/c1-28(2,3)19-8-15-23-24(16-19)34-27(29-17-18-6-11-21(32-4)12-7-18)25(23)26(31)30-20-9-13-22(33-5)14-10-20/h6-7,9-14,17,19H,8,15-16H2,1-5H3,(H,30,31)/b29-17+. The SMILES string of the molecule is COc1ccc(/C=N/c2sc3c(c2C(=O)Nc2ccc(OC)cc2)CCC(C(C)(C)C)C3)cc1. The lowest BCUT2D eigenvalue weighted by atomic mass is 9.72. The number of rotatable bonds is 6. The molecule has 1 aromatic heterocycles. The number of fused-ring (bicyclic) bond motifs is 1. The molecule has 6 heteroatoms. The van der Waals surface area contributed by atoms with E-state index in [2.05, 4.69) is 26.1 Å². The third-order valence-corrected chi connectivity index (χ3v) is 7.66. The third kappa shape index (κ3) is 5.33. The van der Waals surface area contributed by atoms with Crippen molar-refractivity contribution in [2.45, 2.75) is 40.0 Å². The fourth-order valence-electron chi connectivity index (χ4n) is 4.33. The molecule has 1 atom stereocenters. The second-order valence-electron chi connectivity index (χ2n) is 9.70. The Balaban J connectivity index is 1.66. The van der Waals surface area contributed by atoms with Gasteiger partial charge in [0.05, 0.1) is 19.8 Å². The summed E-state index contributed by atoms with van der Waals surface area (Å²) in [5.74, 6) is 2.04. The van der Waals surface area contributed by atoms with E-state index in [4.69, 9.17) is 14.5 Å². The highest BCUT2D eigenvalue weighted by Gasteiger charge is 2.33. The van der Waals surface area contributed by atoms with Gasteiger partial charge in [0.2, 0.25) is 0 Å². The molecule has 1 N–H and O–H groups in total. The number of hydrogen-bond donors (Lipinski definition) is 1. The third-order valence-electron chi connectivity index (χ3n) is 6.49. The first-order valence-corrected chi connectivity index (χ1v) is 12.4. The van der Waals surface area contributed by atoms with E-state index in [1.165, 1.54) is 4.88 Å². The van der Waals surface area contributed by atoms with Crippen molar-refractivity contribution in [3.8, 4) is 11.5 Å². The van der Waals surface area contributed by atoms with Gasteiger partial charge in [0.15, 0.2) is 0 Å². The highest BCUT2D eigenvalue weighted by atomic mass is 32.1. The summed E-state index contributed by atoms with van der Waals surface area (Å²) < 4.78 is 10.5. The van der Waals surface area contributed by atoms with Crippen LogP contribution in [-0.2, 0) is 12.8 Å². The van der Waals surface area contributed by atoms with Crippen LogP contribution in [0.5, 0.6) is 11.5 Å². The summed E-state index contributed by atoms with van der Waals surface area (Å²) in [6.07, 6.45) is 4.79. The van der Waals surface area contributed by atoms with Gasteiger partial charge in [0.1, 0.15) is 16.5 Å². The van der Waals surface area contributed by atoms with Crippen molar-refractivity contribution in [3.63, 3.8) is 0 Å². The summed E-state index contributed by atoms with van der Waals surface area (Å²) in [4.78, 5) is 19.5. The molecule has 3 aromatic rings. The first kappa shape index (κ1) is 24.0. The van der Waals surface area contributed by atoms with Crippen molar-refractivity contribution < 1.29 is 14.3 Å². The quantitative estimate of drug-likeness (QED) is 0.393. The van der Waals surface area contributed by atoms with Crippen LogP contribution in [0.2, 0.25) is 0 Å². The van der Waals surface area contributed by atoms with Gasteiger partial charge in [-0.3, -0.25) is 4.79 Å². The molecule has 0 fully saturated rings. The van der Waals surface area contributed by atoms with Crippen LogP contribution < -0.4 is 14.8 Å². The van der Waals surface area contributed by atoms with Crippen LogP contribution in [0.3, 0.4) is 0 Å².